The molecule has 0 amide bonds. The third-order valence-corrected chi connectivity index (χ3v) is 26.0. The molecule has 0 radical (unpaired) electrons. The van der Waals surface area contributed by atoms with Crippen LogP contribution >= 0.6 is 0 Å². The van der Waals surface area contributed by atoms with Crippen LogP contribution < -0.4 is 31.1 Å². The highest BCUT2D eigenvalue weighted by Crippen LogP contribution is 2.57. The first kappa shape index (κ1) is 77.9. The highest BCUT2D eigenvalue weighted by molar-refractivity contribution is 7.00. The highest BCUT2D eigenvalue weighted by Gasteiger charge is 2.46. The summed E-state index contributed by atoms with van der Waals surface area (Å²) in [6, 6.07) is 194. The van der Waals surface area contributed by atoms with Gasteiger partial charge in [-0.1, -0.05) is 413 Å². The van der Waals surface area contributed by atoms with Crippen LogP contribution in [-0.4, -0.2) is 6.71 Å². The van der Waals surface area contributed by atoms with Gasteiger partial charge in [-0.15, -0.1) is 0 Å². The second-order valence-corrected chi connectivity index (χ2v) is 33.8. The van der Waals surface area contributed by atoms with Crippen LogP contribution in [0.3, 0.4) is 0 Å². The SMILES string of the molecule is c1ccc(-c2ccc(N(c3ccc(-c4ccccc4)cc3)c3cc4c5c(c3)N(c3c(-c6ccccc6)cc(-c6cc(-c7ccccc7)cc(-c7ccccc7)c6)cc3-c3ccccc3)c3ccc(-c6ccccc6)cc3B5c3cc(-c5ccccc5)ccc3N4c3c(-c4ccccc4)cc(-c4cc(-c5ccccc5)cc(-c5ccccc5)c4)cc3-c3ccccc3)cc2)cc1. The molecule has 0 saturated carbocycles. The van der Waals surface area contributed by atoms with Gasteiger partial charge in [0, 0.05) is 56.4 Å². The summed E-state index contributed by atoms with van der Waals surface area (Å²) in [5.41, 5.74) is 44.0. The van der Waals surface area contributed by atoms with Crippen molar-refractivity contribution in [1.29, 1.82) is 0 Å². The zero-order chi connectivity index (χ0) is 86.2. The standard InChI is InChI=1S/C126H86BN3/c1-13-37-87(38-14-1)95-61-67-111(68-62-95)128(112-69-63-96(64-70-112)88-39-15-2-16-40-88)113-85-122-124-123(86-113)130(126-116(99-57-33-11-34-58-99)81-110(82-117(126)100-59-35-12-36-60-100)108-77-105(93-49-25-7-26-50-93)74-106(78-108)94-51-27-8-28-52-94)121-72-66-102(90-43-19-4-20-44-90)84-119(121)127(124)118-83-101(89-41-17-3-18-42-89)65-71-120(118)129(122)125-114(97-53-29-9-30-54-97)79-109(80-115(125)98-55-31-10-32-56-98)107-75-103(91-45-21-5-22-46-91)73-104(76-107)92-47-23-6-24-48-92/h1-86H. The Morgan fingerprint density at radius 3 is 0.577 bits per heavy atom. The molecule has 21 aromatic rings. The lowest BCUT2D eigenvalue weighted by Gasteiger charge is -2.46. The van der Waals surface area contributed by atoms with Crippen molar-refractivity contribution in [1.82, 2.24) is 0 Å². The van der Waals surface area contributed by atoms with Gasteiger partial charge in [-0.2, -0.15) is 0 Å². The van der Waals surface area contributed by atoms with Crippen molar-refractivity contribution in [3.63, 3.8) is 0 Å². The van der Waals surface area contributed by atoms with Gasteiger partial charge in [0.25, 0.3) is 6.71 Å². The molecule has 0 aromatic heterocycles. The van der Waals surface area contributed by atoms with E-state index in [0.717, 1.165) is 212 Å². The molecule has 0 fully saturated rings. The second-order valence-electron chi connectivity index (χ2n) is 33.8. The summed E-state index contributed by atoms with van der Waals surface area (Å²) >= 11 is 0. The van der Waals surface area contributed by atoms with Crippen LogP contribution in [0, 0.1) is 0 Å². The van der Waals surface area contributed by atoms with Crippen molar-refractivity contribution in [2.45, 2.75) is 0 Å². The molecule has 2 aliphatic rings. The molecule has 2 aliphatic heterocycles. The van der Waals surface area contributed by atoms with E-state index in [1.54, 1.807) is 0 Å². The normalized spacial score (nSPS) is 11.8. The van der Waals surface area contributed by atoms with E-state index in [0.29, 0.717) is 0 Å². The van der Waals surface area contributed by atoms with Gasteiger partial charge in [-0.25, -0.2) is 0 Å². The molecule has 0 N–H and O–H groups in total. The van der Waals surface area contributed by atoms with Crippen molar-refractivity contribution in [3.05, 3.63) is 522 Å². The minimum absolute atomic E-state index is 0.374. The third-order valence-electron chi connectivity index (χ3n) is 26.0. The van der Waals surface area contributed by atoms with Crippen molar-refractivity contribution in [2.75, 3.05) is 14.7 Å². The summed E-state index contributed by atoms with van der Waals surface area (Å²) in [4.78, 5) is 7.92. The molecule has 0 unspecified atom stereocenters. The van der Waals surface area contributed by atoms with Crippen molar-refractivity contribution in [3.8, 4) is 156 Å². The highest BCUT2D eigenvalue weighted by atomic mass is 15.2. The summed E-state index contributed by atoms with van der Waals surface area (Å²) < 4.78 is 0. The average molecular weight is 1650 g/mol. The molecule has 4 heteroatoms. The zero-order valence-electron chi connectivity index (χ0n) is 71.6. The first-order chi connectivity index (χ1) is 64.5. The smallest absolute Gasteiger partial charge is 0.252 e. The van der Waals surface area contributed by atoms with Gasteiger partial charge < -0.3 is 14.7 Å². The summed E-state index contributed by atoms with van der Waals surface area (Å²) in [7, 11) is 0. The van der Waals surface area contributed by atoms with Gasteiger partial charge in [0.15, 0.2) is 0 Å². The van der Waals surface area contributed by atoms with Gasteiger partial charge >= 0.3 is 0 Å². The first-order valence-corrected chi connectivity index (χ1v) is 44.9. The Kier molecular flexibility index (Phi) is 20.5. The molecule has 3 nitrogen and oxygen atoms in total. The molecule has 0 atom stereocenters. The number of anilines is 9. The van der Waals surface area contributed by atoms with E-state index in [1.807, 2.05) is 0 Å². The van der Waals surface area contributed by atoms with Crippen LogP contribution in [0.2, 0.25) is 0 Å². The number of fused-ring (bicyclic) bond motifs is 4. The Hall–Kier alpha value is -16.9. The fourth-order valence-electron chi connectivity index (χ4n) is 19.7. The Balaban J connectivity index is 0.883. The maximum atomic E-state index is 2.70. The number of rotatable bonds is 19. The van der Waals surface area contributed by atoms with Crippen molar-refractivity contribution < 1.29 is 0 Å². The van der Waals surface area contributed by atoms with Crippen LogP contribution in [0.5, 0.6) is 0 Å². The Morgan fingerprint density at radius 1 is 0.138 bits per heavy atom. The molecule has 0 spiro atoms. The zero-order valence-corrected chi connectivity index (χ0v) is 71.6. The van der Waals surface area contributed by atoms with E-state index in [2.05, 4.69) is 536 Å². The molecule has 130 heavy (non-hydrogen) atoms. The number of hydrogen-bond acceptors (Lipinski definition) is 3. The van der Waals surface area contributed by atoms with Gasteiger partial charge in [0.1, 0.15) is 0 Å². The average Bonchev–Trinajstić information content (AvgIpc) is 0.683. The van der Waals surface area contributed by atoms with Crippen LogP contribution in [0.1, 0.15) is 0 Å². The molecule has 2 heterocycles. The van der Waals surface area contributed by atoms with E-state index in [-0.39, 0.29) is 6.71 Å². The fourth-order valence-corrected chi connectivity index (χ4v) is 19.7. The van der Waals surface area contributed by atoms with Crippen molar-refractivity contribution in [2.24, 2.45) is 0 Å². The van der Waals surface area contributed by atoms with Crippen LogP contribution in [-0.2, 0) is 0 Å². The van der Waals surface area contributed by atoms with E-state index in [4.69, 9.17) is 0 Å². The topological polar surface area (TPSA) is 9.72 Å². The molecule has 0 saturated heterocycles. The Labute approximate surface area is 761 Å². The lowest BCUT2D eigenvalue weighted by Crippen LogP contribution is -2.61. The molecule has 608 valence electrons. The lowest BCUT2D eigenvalue weighted by atomic mass is 9.33. The Morgan fingerprint density at radius 2 is 0.331 bits per heavy atom. The largest absolute Gasteiger partial charge is 0.310 e. The predicted octanol–water partition coefficient (Wildman–Crippen LogP) is 32.6. The third kappa shape index (κ3) is 14.9. The summed E-state index contributed by atoms with van der Waals surface area (Å²) in [6.45, 7) is -0.374. The van der Waals surface area contributed by atoms with Crippen LogP contribution in [0.15, 0.2) is 522 Å². The second kappa shape index (κ2) is 34.2. The van der Waals surface area contributed by atoms with E-state index in [1.165, 1.54) is 10.9 Å². The fraction of sp³-hybridized carbons (Fsp3) is 0. The van der Waals surface area contributed by atoms with Gasteiger partial charge in [-0.05, 0) is 259 Å². The van der Waals surface area contributed by atoms with Gasteiger partial charge in [-0.3, -0.25) is 0 Å². The van der Waals surface area contributed by atoms with Gasteiger partial charge in [0.2, 0.25) is 0 Å². The van der Waals surface area contributed by atoms with Crippen molar-refractivity contribution >= 4 is 74.3 Å². The first-order valence-electron chi connectivity index (χ1n) is 44.9. The maximum Gasteiger partial charge on any atom is 0.252 e. The monoisotopic (exact) mass is 1650 g/mol. The summed E-state index contributed by atoms with van der Waals surface area (Å²) in [5.74, 6) is 0. The lowest BCUT2D eigenvalue weighted by molar-refractivity contribution is 1.23. The van der Waals surface area contributed by atoms with Crippen LogP contribution in [0.4, 0.5) is 51.2 Å². The quantitative estimate of drug-likeness (QED) is 0.0747. The summed E-state index contributed by atoms with van der Waals surface area (Å²) in [6.07, 6.45) is 0. The summed E-state index contributed by atoms with van der Waals surface area (Å²) in [5, 5.41) is 0. The molecular weight excluding hydrogens is 1570 g/mol. The molecule has 0 aliphatic carbocycles. The molecule has 23 rings (SSSR count). The van der Waals surface area contributed by atoms with Gasteiger partial charge in [0.05, 0.1) is 17.1 Å². The Bertz CT molecular complexity index is 6990. The minimum atomic E-state index is -0.374. The number of benzene rings is 21. The van der Waals surface area contributed by atoms with E-state index < -0.39 is 0 Å². The molecule has 0 bridgehead atoms. The number of nitrogens with zero attached hydrogens (tertiary/aromatic N) is 3. The van der Waals surface area contributed by atoms with E-state index >= 15 is 0 Å². The number of hydrogen-bond donors (Lipinski definition) is 0. The molecule has 21 aromatic carbocycles. The predicted molar refractivity (Wildman–Crippen MR) is 551 cm³/mol. The minimum Gasteiger partial charge on any atom is -0.310 e. The maximum absolute atomic E-state index is 2.70. The molecular formula is C126H86BN3. The van der Waals surface area contributed by atoms with E-state index in [9.17, 15) is 0 Å². The van der Waals surface area contributed by atoms with Crippen LogP contribution in [0.25, 0.3) is 156 Å².